The summed E-state index contributed by atoms with van der Waals surface area (Å²) in [6.07, 6.45) is 0. The maximum Gasteiger partial charge on any atom is 0.180 e. The number of nitrogens with zero attached hydrogens (tertiary/aromatic N) is 3. The molecular formula is C56H35N3O2. The fourth-order valence-corrected chi connectivity index (χ4v) is 8.72. The number of benzene rings is 9. The first-order chi connectivity index (χ1) is 30.2. The van der Waals surface area contributed by atoms with Gasteiger partial charge >= 0.3 is 0 Å². The van der Waals surface area contributed by atoms with Crippen molar-refractivity contribution in [3.05, 3.63) is 212 Å². The first-order valence-corrected chi connectivity index (χ1v) is 20.5. The van der Waals surface area contributed by atoms with E-state index in [1.165, 1.54) is 11.1 Å². The predicted octanol–water partition coefficient (Wildman–Crippen LogP) is 15.6. The second-order valence-electron chi connectivity index (χ2n) is 15.4. The van der Waals surface area contributed by atoms with E-state index in [-0.39, 0.29) is 0 Å². The molecule has 0 saturated carbocycles. The van der Waals surface area contributed by atoms with Gasteiger partial charge in [-0.05, 0) is 106 Å². The lowest BCUT2D eigenvalue weighted by Gasteiger charge is -2.26. The van der Waals surface area contributed by atoms with E-state index in [1.807, 2.05) is 42.5 Å². The van der Waals surface area contributed by atoms with E-state index in [9.17, 15) is 0 Å². The first-order valence-electron chi connectivity index (χ1n) is 20.5. The average molecular weight is 782 g/mol. The van der Waals surface area contributed by atoms with Gasteiger partial charge in [0.25, 0.3) is 0 Å². The van der Waals surface area contributed by atoms with Gasteiger partial charge in [-0.1, -0.05) is 140 Å². The lowest BCUT2D eigenvalue weighted by atomic mass is 9.96. The second-order valence-corrected chi connectivity index (χ2v) is 15.4. The van der Waals surface area contributed by atoms with E-state index >= 15 is 0 Å². The molecule has 0 amide bonds. The van der Waals surface area contributed by atoms with Gasteiger partial charge in [0.05, 0.1) is 0 Å². The summed E-state index contributed by atoms with van der Waals surface area (Å²) in [5.41, 5.74) is 13.9. The predicted molar refractivity (Wildman–Crippen MR) is 251 cm³/mol. The summed E-state index contributed by atoms with van der Waals surface area (Å²) >= 11 is 0. The van der Waals surface area contributed by atoms with Crippen LogP contribution in [0.5, 0.6) is 0 Å². The van der Waals surface area contributed by atoms with Gasteiger partial charge in [-0.2, -0.15) is 0 Å². The molecule has 0 unspecified atom stereocenters. The standard InChI is InChI=1S/C56H35N3O2/c1-4-15-36(16-5-1)37-27-29-44(30-28-37)59(43-22-8-3-9-23-43)45-24-14-21-39(31-45)42-33-48(52-47-32-40-19-10-11-20-41(40)34-50(47)60-51(52)35-42)56-57-53(38-17-6-2-7-18-38)55-54(58-56)46-25-12-13-26-49(46)61-55/h1-35H. The normalized spacial score (nSPS) is 11.6. The fourth-order valence-electron chi connectivity index (χ4n) is 8.72. The third-order valence-corrected chi connectivity index (χ3v) is 11.6. The fraction of sp³-hybridized carbons (Fsp3) is 0. The summed E-state index contributed by atoms with van der Waals surface area (Å²) in [5.74, 6) is 0.598. The molecule has 0 bridgehead atoms. The van der Waals surface area contributed by atoms with Crippen LogP contribution in [0.1, 0.15) is 0 Å². The number of furan rings is 2. The van der Waals surface area contributed by atoms with Crippen molar-refractivity contribution in [2.45, 2.75) is 0 Å². The van der Waals surface area contributed by atoms with Crippen molar-refractivity contribution in [1.82, 2.24) is 9.97 Å². The topological polar surface area (TPSA) is 55.3 Å². The summed E-state index contributed by atoms with van der Waals surface area (Å²) in [4.78, 5) is 13.0. The van der Waals surface area contributed by atoms with E-state index in [4.69, 9.17) is 18.8 Å². The number of anilines is 3. The Bertz CT molecular complexity index is 3580. The van der Waals surface area contributed by atoms with Crippen molar-refractivity contribution in [3.63, 3.8) is 0 Å². The summed E-state index contributed by atoms with van der Waals surface area (Å²) in [6.45, 7) is 0. The van der Waals surface area contributed by atoms with Crippen LogP contribution in [0.3, 0.4) is 0 Å². The maximum absolute atomic E-state index is 6.82. The van der Waals surface area contributed by atoms with E-state index in [0.29, 0.717) is 11.4 Å². The molecule has 12 rings (SSSR count). The SMILES string of the molecule is c1ccc(-c2ccc(N(c3ccccc3)c3cccc(-c4cc(-c5nc(-c6ccccc6)c6oc7ccccc7c6n5)c5c(c4)oc4cc6ccccc6cc45)c3)cc2)cc1. The molecule has 3 heterocycles. The number of para-hydroxylation sites is 2. The zero-order chi connectivity index (χ0) is 40.3. The number of rotatable bonds is 7. The summed E-state index contributed by atoms with van der Waals surface area (Å²) in [5, 5.41) is 5.19. The van der Waals surface area contributed by atoms with Crippen LogP contribution >= 0.6 is 0 Å². The average Bonchev–Trinajstić information content (AvgIpc) is 3.89. The van der Waals surface area contributed by atoms with Crippen LogP contribution in [0.4, 0.5) is 17.1 Å². The van der Waals surface area contributed by atoms with Gasteiger partial charge < -0.3 is 13.7 Å². The van der Waals surface area contributed by atoms with Gasteiger partial charge in [-0.3, -0.25) is 0 Å². The van der Waals surface area contributed by atoms with Crippen LogP contribution in [0.15, 0.2) is 221 Å². The highest BCUT2D eigenvalue weighted by Crippen LogP contribution is 2.44. The van der Waals surface area contributed by atoms with Crippen LogP contribution < -0.4 is 4.90 Å². The minimum absolute atomic E-state index is 0.598. The Balaban J connectivity index is 1.08. The molecule has 3 aromatic heterocycles. The number of hydrogen-bond acceptors (Lipinski definition) is 5. The summed E-state index contributed by atoms with van der Waals surface area (Å²) < 4.78 is 13.3. The maximum atomic E-state index is 6.82. The molecule has 12 aromatic rings. The Morgan fingerprint density at radius 3 is 1.77 bits per heavy atom. The first kappa shape index (κ1) is 34.7. The van der Waals surface area contributed by atoms with Crippen LogP contribution in [-0.4, -0.2) is 9.97 Å². The molecule has 9 aromatic carbocycles. The third-order valence-electron chi connectivity index (χ3n) is 11.6. The Morgan fingerprint density at radius 2 is 0.984 bits per heavy atom. The quantitative estimate of drug-likeness (QED) is 0.161. The van der Waals surface area contributed by atoms with Gasteiger partial charge in [0, 0.05) is 44.3 Å². The number of aromatic nitrogens is 2. The molecule has 0 atom stereocenters. The minimum Gasteiger partial charge on any atom is -0.456 e. The highest BCUT2D eigenvalue weighted by atomic mass is 16.3. The molecule has 0 saturated heterocycles. The Kier molecular flexibility index (Phi) is 8.10. The van der Waals surface area contributed by atoms with Crippen molar-refractivity contribution < 1.29 is 8.83 Å². The summed E-state index contributed by atoms with van der Waals surface area (Å²) in [7, 11) is 0. The molecule has 0 N–H and O–H groups in total. The van der Waals surface area contributed by atoms with Gasteiger partial charge in [-0.25, -0.2) is 9.97 Å². The molecule has 0 radical (unpaired) electrons. The zero-order valence-corrected chi connectivity index (χ0v) is 32.9. The Labute approximate surface area is 351 Å². The molecule has 5 heteroatoms. The molecule has 0 fully saturated rings. The lowest BCUT2D eigenvalue weighted by Crippen LogP contribution is -2.09. The highest BCUT2D eigenvalue weighted by molar-refractivity contribution is 6.17. The highest BCUT2D eigenvalue weighted by Gasteiger charge is 2.23. The van der Waals surface area contributed by atoms with Crippen molar-refractivity contribution in [1.29, 1.82) is 0 Å². The van der Waals surface area contributed by atoms with Crippen molar-refractivity contribution in [2.24, 2.45) is 0 Å². The zero-order valence-electron chi connectivity index (χ0n) is 32.9. The molecule has 286 valence electrons. The van der Waals surface area contributed by atoms with E-state index in [2.05, 4.69) is 175 Å². The van der Waals surface area contributed by atoms with E-state index in [1.54, 1.807) is 0 Å². The summed E-state index contributed by atoms with van der Waals surface area (Å²) in [6, 6.07) is 74.0. The van der Waals surface area contributed by atoms with Crippen LogP contribution in [0, 0.1) is 0 Å². The number of fused-ring (bicyclic) bond motifs is 7. The van der Waals surface area contributed by atoms with Crippen molar-refractivity contribution in [3.8, 4) is 44.9 Å². The van der Waals surface area contributed by atoms with E-state index in [0.717, 1.165) is 94.2 Å². The monoisotopic (exact) mass is 781 g/mol. The van der Waals surface area contributed by atoms with Crippen LogP contribution in [-0.2, 0) is 0 Å². The smallest absolute Gasteiger partial charge is 0.180 e. The molecule has 0 aliphatic carbocycles. The van der Waals surface area contributed by atoms with Crippen LogP contribution in [0.2, 0.25) is 0 Å². The largest absolute Gasteiger partial charge is 0.456 e. The van der Waals surface area contributed by atoms with Gasteiger partial charge in [0.2, 0.25) is 0 Å². The molecular weight excluding hydrogens is 747 g/mol. The van der Waals surface area contributed by atoms with Crippen molar-refractivity contribution >= 4 is 71.8 Å². The lowest BCUT2D eigenvalue weighted by molar-refractivity contribution is 0.667. The van der Waals surface area contributed by atoms with Gasteiger partial charge in [0.1, 0.15) is 28.0 Å². The van der Waals surface area contributed by atoms with Gasteiger partial charge in [-0.15, -0.1) is 0 Å². The Hall–Kier alpha value is -8.28. The third kappa shape index (κ3) is 6.02. The van der Waals surface area contributed by atoms with Crippen molar-refractivity contribution in [2.75, 3.05) is 4.90 Å². The van der Waals surface area contributed by atoms with Gasteiger partial charge in [0.15, 0.2) is 11.4 Å². The van der Waals surface area contributed by atoms with Crippen LogP contribution in [0.25, 0.3) is 99.7 Å². The van der Waals surface area contributed by atoms with E-state index < -0.39 is 0 Å². The minimum atomic E-state index is 0.598. The molecule has 0 aliphatic heterocycles. The molecule has 5 nitrogen and oxygen atoms in total. The second kappa shape index (κ2) is 14.2. The number of hydrogen-bond donors (Lipinski definition) is 0. The molecule has 0 spiro atoms. The molecule has 0 aliphatic rings. The molecule has 61 heavy (non-hydrogen) atoms. The Morgan fingerprint density at radius 1 is 0.361 bits per heavy atom.